The molecule has 0 fully saturated rings. The van der Waals surface area contributed by atoms with Crippen LogP contribution in [0, 0.1) is 22.7 Å². The smallest absolute Gasteiger partial charge is 0.261 e. The van der Waals surface area contributed by atoms with Crippen molar-refractivity contribution in [3.8, 4) is 12.1 Å². The molecule has 1 rings (SSSR count). The van der Waals surface area contributed by atoms with Crippen LogP contribution in [-0.2, 0) is 9.53 Å². The number of rotatable bonds is 7. The fourth-order valence-electron chi connectivity index (χ4n) is 1.63. The summed E-state index contributed by atoms with van der Waals surface area (Å²) in [5.74, 6) is -0.420. The molecule has 0 saturated heterocycles. The standard InChI is InChI=1S/C16H17N3O2/c1-2-21-8-4-7-19-16(20)15(12-18)10-13-5-3-6-14(9-13)11-17/h3,5-6,9-10H,2,4,7-8H2,1H3,(H,19,20)/b15-10+. The van der Waals surface area contributed by atoms with Gasteiger partial charge in [0.2, 0.25) is 0 Å². The lowest BCUT2D eigenvalue weighted by atomic mass is 10.1. The van der Waals surface area contributed by atoms with Gasteiger partial charge in [0.25, 0.3) is 5.91 Å². The van der Waals surface area contributed by atoms with E-state index in [1.165, 1.54) is 6.08 Å². The molecule has 21 heavy (non-hydrogen) atoms. The van der Waals surface area contributed by atoms with E-state index in [2.05, 4.69) is 5.32 Å². The predicted octanol–water partition coefficient (Wildman–Crippen LogP) is 2.01. The Morgan fingerprint density at radius 3 is 2.90 bits per heavy atom. The van der Waals surface area contributed by atoms with Crippen LogP contribution in [0.5, 0.6) is 0 Å². The van der Waals surface area contributed by atoms with E-state index in [9.17, 15) is 4.79 Å². The summed E-state index contributed by atoms with van der Waals surface area (Å²) in [6.45, 7) is 3.58. The number of nitriles is 2. The van der Waals surface area contributed by atoms with Crippen molar-refractivity contribution in [2.45, 2.75) is 13.3 Å². The molecule has 5 nitrogen and oxygen atoms in total. The maximum absolute atomic E-state index is 11.9. The molecular formula is C16H17N3O2. The van der Waals surface area contributed by atoms with E-state index >= 15 is 0 Å². The van der Waals surface area contributed by atoms with Crippen molar-refractivity contribution in [3.63, 3.8) is 0 Å². The minimum Gasteiger partial charge on any atom is -0.382 e. The summed E-state index contributed by atoms with van der Waals surface area (Å²) in [5.41, 5.74) is 1.15. The van der Waals surface area contributed by atoms with Crippen LogP contribution in [0.2, 0.25) is 0 Å². The molecule has 0 saturated carbocycles. The third kappa shape index (κ3) is 5.90. The number of carbonyl (C=O) groups excluding carboxylic acids is 1. The highest BCUT2D eigenvalue weighted by molar-refractivity contribution is 6.01. The summed E-state index contributed by atoms with van der Waals surface area (Å²) in [7, 11) is 0. The largest absolute Gasteiger partial charge is 0.382 e. The van der Waals surface area contributed by atoms with Crippen molar-refractivity contribution >= 4 is 12.0 Å². The van der Waals surface area contributed by atoms with Crippen LogP contribution in [-0.4, -0.2) is 25.7 Å². The molecule has 0 unspecified atom stereocenters. The van der Waals surface area contributed by atoms with Gasteiger partial charge in [0.05, 0.1) is 11.6 Å². The van der Waals surface area contributed by atoms with E-state index in [0.717, 1.165) is 0 Å². The number of amides is 1. The summed E-state index contributed by atoms with van der Waals surface area (Å²) in [5, 5.41) is 20.5. The molecule has 0 radical (unpaired) electrons. The van der Waals surface area contributed by atoms with E-state index in [0.29, 0.717) is 37.3 Å². The lowest BCUT2D eigenvalue weighted by Gasteiger charge is -2.04. The van der Waals surface area contributed by atoms with Crippen molar-refractivity contribution in [2.75, 3.05) is 19.8 Å². The van der Waals surface area contributed by atoms with E-state index in [4.69, 9.17) is 15.3 Å². The second-order valence-corrected chi connectivity index (χ2v) is 4.21. The minimum absolute atomic E-state index is 0.0153. The lowest BCUT2D eigenvalue weighted by Crippen LogP contribution is -2.26. The van der Waals surface area contributed by atoms with Crippen molar-refractivity contribution in [3.05, 3.63) is 41.0 Å². The van der Waals surface area contributed by atoms with Gasteiger partial charge in [-0.2, -0.15) is 10.5 Å². The summed E-state index contributed by atoms with van der Waals surface area (Å²) in [4.78, 5) is 11.9. The third-order valence-corrected chi connectivity index (χ3v) is 2.65. The van der Waals surface area contributed by atoms with Gasteiger partial charge in [-0.1, -0.05) is 12.1 Å². The maximum atomic E-state index is 11.9. The highest BCUT2D eigenvalue weighted by atomic mass is 16.5. The molecule has 0 heterocycles. The first-order valence-corrected chi connectivity index (χ1v) is 6.69. The average molecular weight is 283 g/mol. The molecule has 1 N–H and O–H groups in total. The Morgan fingerprint density at radius 1 is 1.43 bits per heavy atom. The van der Waals surface area contributed by atoms with E-state index in [1.807, 2.05) is 19.1 Å². The van der Waals surface area contributed by atoms with Gasteiger partial charge in [-0.05, 0) is 37.1 Å². The number of carbonyl (C=O) groups is 1. The number of benzene rings is 1. The zero-order chi connectivity index (χ0) is 15.5. The molecule has 0 aliphatic carbocycles. The Bertz CT molecular complexity index is 594. The van der Waals surface area contributed by atoms with Crippen LogP contribution in [0.3, 0.4) is 0 Å². The maximum Gasteiger partial charge on any atom is 0.261 e. The number of hydrogen-bond acceptors (Lipinski definition) is 4. The van der Waals surface area contributed by atoms with Crippen LogP contribution < -0.4 is 5.32 Å². The quantitative estimate of drug-likeness (QED) is 0.471. The van der Waals surface area contributed by atoms with E-state index in [1.54, 1.807) is 24.3 Å². The van der Waals surface area contributed by atoms with Crippen molar-refractivity contribution in [2.24, 2.45) is 0 Å². The zero-order valence-corrected chi connectivity index (χ0v) is 11.9. The van der Waals surface area contributed by atoms with Gasteiger partial charge in [-0.3, -0.25) is 4.79 Å². The van der Waals surface area contributed by atoms with Crippen molar-refractivity contribution in [1.29, 1.82) is 10.5 Å². The van der Waals surface area contributed by atoms with Crippen LogP contribution >= 0.6 is 0 Å². The molecule has 1 amide bonds. The normalized spacial score (nSPS) is 10.5. The summed E-state index contributed by atoms with van der Waals surface area (Å²) >= 11 is 0. The fourth-order valence-corrected chi connectivity index (χ4v) is 1.63. The second-order valence-electron chi connectivity index (χ2n) is 4.21. The molecule has 0 aromatic heterocycles. The SMILES string of the molecule is CCOCCCNC(=O)/C(C#N)=C/c1cccc(C#N)c1. The Morgan fingerprint density at radius 2 is 2.24 bits per heavy atom. The topological polar surface area (TPSA) is 85.9 Å². The number of hydrogen-bond donors (Lipinski definition) is 1. The Balaban J connectivity index is 2.65. The molecule has 0 aliphatic rings. The second kappa shape index (κ2) is 9.30. The molecule has 0 bridgehead atoms. The Hall–Kier alpha value is -2.63. The lowest BCUT2D eigenvalue weighted by molar-refractivity contribution is -0.117. The average Bonchev–Trinajstić information content (AvgIpc) is 2.52. The van der Waals surface area contributed by atoms with Gasteiger partial charge >= 0.3 is 0 Å². The first-order valence-electron chi connectivity index (χ1n) is 6.69. The third-order valence-electron chi connectivity index (χ3n) is 2.65. The molecule has 1 aromatic rings. The molecular weight excluding hydrogens is 266 g/mol. The monoisotopic (exact) mass is 283 g/mol. The molecule has 0 spiro atoms. The summed E-state index contributed by atoms with van der Waals surface area (Å²) < 4.78 is 5.16. The molecule has 0 aliphatic heterocycles. The van der Waals surface area contributed by atoms with Gasteiger partial charge < -0.3 is 10.1 Å². The highest BCUT2D eigenvalue weighted by Gasteiger charge is 2.08. The van der Waals surface area contributed by atoms with E-state index < -0.39 is 5.91 Å². The molecule has 108 valence electrons. The summed E-state index contributed by atoms with van der Waals surface area (Å²) in [6, 6.07) is 10.6. The number of nitrogens with zero attached hydrogens (tertiary/aromatic N) is 2. The first kappa shape index (κ1) is 16.4. The van der Waals surface area contributed by atoms with Crippen LogP contribution in [0.25, 0.3) is 6.08 Å². The molecule has 5 heteroatoms. The molecule has 1 aromatic carbocycles. The van der Waals surface area contributed by atoms with Crippen molar-refractivity contribution < 1.29 is 9.53 Å². The predicted molar refractivity (Wildman–Crippen MR) is 78.9 cm³/mol. The van der Waals surface area contributed by atoms with E-state index in [-0.39, 0.29) is 5.57 Å². The Labute approximate surface area is 124 Å². The van der Waals surface area contributed by atoms with Crippen LogP contribution in [0.4, 0.5) is 0 Å². The van der Waals surface area contributed by atoms with Gasteiger partial charge in [0.1, 0.15) is 11.6 Å². The molecule has 0 atom stereocenters. The fraction of sp³-hybridized carbons (Fsp3) is 0.312. The summed E-state index contributed by atoms with van der Waals surface area (Å²) in [6.07, 6.45) is 2.17. The van der Waals surface area contributed by atoms with Crippen LogP contribution in [0.15, 0.2) is 29.8 Å². The first-order chi connectivity index (χ1) is 10.2. The van der Waals surface area contributed by atoms with Crippen LogP contribution in [0.1, 0.15) is 24.5 Å². The number of ether oxygens (including phenoxy) is 1. The van der Waals surface area contributed by atoms with Gasteiger partial charge in [0.15, 0.2) is 0 Å². The Kier molecular flexibility index (Phi) is 7.28. The minimum atomic E-state index is -0.420. The number of nitrogens with one attached hydrogen (secondary N) is 1. The zero-order valence-electron chi connectivity index (χ0n) is 11.9. The van der Waals surface area contributed by atoms with Gasteiger partial charge in [-0.15, -0.1) is 0 Å². The van der Waals surface area contributed by atoms with Gasteiger partial charge in [-0.25, -0.2) is 0 Å². The van der Waals surface area contributed by atoms with Gasteiger partial charge in [0, 0.05) is 19.8 Å². The van der Waals surface area contributed by atoms with Crippen molar-refractivity contribution in [1.82, 2.24) is 5.32 Å². The highest BCUT2D eigenvalue weighted by Crippen LogP contribution is 2.09.